The Morgan fingerprint density at radius 2 is 1.86 bits per heavy atom. The van der Waals surface area contributed by atoms with Crippen LogP contribution in [0.1, 0.15) is 49.0 Å². The highest BCUT2D eigenvalue weighted by atomic mass is 19.1. The normalized spacial score (nSPS) is 16.3. The lowest BCUT2D eigenvalue weighted by Crippen LogP contribution is -2.44. The van der Waals surface area contributed by atoms with Crippen molar-refractivity contribution in [2.75, 3.05) is 19.7 Å². The van der Waals surface area contributed by atoms with Crippen molar-refractivity contribution in [1.82, 2.24) is 30.4 Å². The second-order valence-corrected chi connectivity index (χ2v) is 9.96. The lowest BCUT2D eigenvalue weighted by atomic mass is 9.99. The summed E-state index contributed by atoms with van der Waals surface area (Å²) >= 11 is 0. The first kappa shape index (κ1) is 26.1. The van der Waals surface area contributed by atoms with E-state index in [-0.39, 0.29) is 30.8 Å². The number of nitrogens with one attached hydrogen (secondary N) is 1. The average Bonchev–Trinajstić information content (AvgIpc) is 3.54. The van der Waals surface area contributed by atoms with E-state index in [1.54, 1.807) is 57.2 Å². The molecule has 37 heavy (non-hydrogen) atoms. The highest BCUT2D eigenvalue weighted by Gasteiger charge is 2.28. The molecule has 0 aliphatic carbocycles. The molecule has 1 aliphatic rings. The van der Waals surface area contributed by atoms with Crippen molar-refractivity contribution in [3.05, 3.63) is 71.8 Å². The van der Waals surface area contributed by atoms with Gasteiger partial charge >= 0.3 is 6.09 Å². The molecule has 0 radical (unpaired) electrons. The van der Waals surface area contributed by atoms with Gasteiger partial charge in [-0.1, -0.05) is 12.1 Å². The van der Waals surface area contributed by atoms with Gasteiger partial charge in [-0.3, -0.25) is 4.79 Å². The van der Waals surface area contributed by atoms with Gasteiger partial charge in [-0.2, -0.15) is 4.80 Å². The lowest BCUT2D eigenvalue weighted by Gasteiger charge is -2.23. The number of hydrogen-bond acceptors (Lipinski definition) is 7. The first-order valence-corrected chi connectivity index (χ1v) is 12.1. The fraction of sp³-hybridized carbons (Fsp3) is 0.423. The maximum absolute atomic E-state index is 13.2. The van der Waals surface area contributed by atoms with Crippen LogP contribution in [-0.4, -0.2) is 68.4 Å². The first-order valence-electron chi connectivity index (χ1n) is 12.1. The molecule has 2 atom stereocenters. The van der Waals surface area contributed by atoms with Gasteiger partial charge in [0.1, 0.15) is 23.8 Å². The van der Waals surface area contributed by atoms with Crippen molar-refractivity contribution < 1.29 is 23.5 Å². The monoisotopic (exact) mass is 510 g/mol. The van der Waals surface area contributed by atoms with Gasteiger partial charge in [-0.25, -0.2) is 9.18 Å². The zero-order valence-electron chi connectivity index (χ0n) is 21.1. The minimum atomic E-state index is -0.641. The third-order valence-corrected chi connectivity index (χ3v) is 5.87. The molecule has 10 nitrogen and oxygen atoms in total. The smallest absolute Gasteiger partial charge is 0.408 e. The molecule has 0 bridgehead atoms. The number of likely N-dealkylation sites (tertiary alicyclic amines) is 1. The summed E-state index contributed by atoms with van der Waals surface area (Å²) < 4.78 is 24.4. The molecular formula is C26H31FN6O4. The van der Waals surface area contributed by atoms with E-state index < -0.39 is 17.7 Å². The Kier molecular flexibility index (Phi) is 8.00. The van der Waals surface area contributed by atoms with Crippen LogP contribution in [0.3, 0.4) is 0 Å². The van der Waals surface area contributed by atoms with E-state index in [0.717, 1.165) is 12.0 Å². The Morgan fingerprint density at radius 1 is 1.14 bits per heavy atom. The summed E-state index contributed by atoms with van der Waals surface area (Å²) in [6.07, 6.45) is 1.57. The minimum absolute atomic E-state index is 0.0575. The largest absolute Gasteiger partial charge is 0.491 e. The summed E-state index contributed by atoms with van der Waals surface area (Å²) in [4.78, 5) is 28.4. The fourth-order valence-electron chi connectivity index (χ4n) is 4.11. The van der Waals surface area contributed by atoms with Crippen LogP contribution >= 0.6 is 0 Å². The maximum atomic E-state index is 13.2. The number of rotatable bonds is 8. The highest BCUT2D eigenvalue weighted by molar-refractivity contribution is 5.94. The number of halogens is 1. The quantitative estimate of drug-likeness (QED) is 0.494. The van der Waals surface area contributed by atoms with Gasteiger partial charge < -0.3 is 19.7 Å². The molecule has 4 rings (SSSR count). The number of ether oxygens (including phenoxy) is 2. The van der Waals surface area contributed by atoms with E-state index >= 15 is 0 Å². The Labute approximate surface area is 214 Å². The number of amides is 2. The molecule has 2 amide bonds. The van der Waals surface area contributed by atoms with Crippen molar-refractivity contribution in [2.45, 2.75) is 51.3 Å². The van der Waals surface area contributed by atoms with Gasteiger partial charge in [0.15, 0.2) is 6.33 Å². The minimum Gasteiger partial charge on any atom is -0.491 e. The van der Waals surface area contributed by atoms with Crippen LogP contribution in [0.2, 0.25) is 0 Å². The van der Waals surface area contributed by atoms with Crippen LogP contribution in [0.25, 0.3) is 0 Å². The Balaban J connectivity index is 1.33. The van der Waals surface area contributed by atoms with Gasteiger partial charge in [0.2, 0.25) is 0 Å². The summed E-state index contributed by atoms with van der Waals surface area (Å²) in [5.74, 6) is 0.419. The molecule has 0 spiro atoms. The first-order chi connectivity index (χ1) is 17.7. The number of nitrogens with zero attached hydrogens (tertiary/aromatic N) is 5. The zero-order chi connectivity index (χ0) is 26.4. The van der Waals surface area contributed by atoms with Crippen LogP contribution in [0.5, 0.6) is 5.75 Å². The van der Waals surface area contributed by atoms with E-state index in [0.29, 0.717) is 24.4 Å². The van der Waals surface area contributed by atoms with Crippen LogP contribution in [0.4, 0.5) is 9.18 Å². The van der Waals surface area contributed by atoms with Crippen molar-refractivity contribution in [2.24, 2.45) is 0 Å². The molecule has 11 heteroatoms. The molecule has 1 unspecified atom stereocenters. The Bertz CT molecular complexity index is 1180. The summed E-state index contributed by atoms with van der Waals surface area (Å²) in [7, 11) is 0. The summed E-state index contributed by atoms with van der Waals surface area (Å²) in [6, 6.07) is 12.9. The molecule has 1 aromatic heterocycles. The molecular weight excluding hydrogens is 479 g/mol. The molecule has 3 aromatic rings. The van der Waals surface area contributed by atoms with E-state index in [2.05, 4.69) is 20.7 Å². The number of tetrazole rings is 1. The van der Waals surface area contributed by atoms with Crippen LogP contribution in [0.15, 0.2) is 54.9 Å². The van der Waals surface area contributed by atoms with Crippen molar-refractivity contribution in [3.8, 4) is 5.75 Å². The lowest BCUT2D eigenvalue weighted by molar-refractivity contribution is 0.0477. The fourth-order valence-corrected chi connectivity index (χ4v) is 4.11. The number of alkyl carbamates (subject to hydrolysis) is 1. The predicted octanol–water partition coefficient (Wildman–Crippen LogP) is 3.41. The maximum Gasteiger partial charge on any atom is 0.408 e. The van der Waals surface area contributed by atoms with Gasteiger partial charge in [-0.15, -0.1) is 10.2 Å². The second-order valence-electron chi connectivity index (χ2n) is 9.96. The van der Waals surface area contributed by atoms with Crippen molar-refractivity contribution in [3.63, 3.8) is 0 Å². The summed E-state index contributed by atoms with van der Waals surface area (Å²) in [6.45, 7) is 6.95. The highest BCUT2D eigenvalue weighted by Crippen LogP contribution is 2.28. The van der Waals surface area contributed by atoms with E-state index in [9.17, 15) is 14.0 Å². The van der Waals surface area contributed by atoms with Gasteiger partial charge in [0.25, 0.3) is 5.91 Å². The third-order valence-electron chi connectivity index (χ3n) is 5.87. The molecule has 1 N–H and O–H groups in total. The molecule has 2 heterocycles. The summed E-state index contributed by atoms with van der Waals surface area (Å²) in [5.41, 5.74) is 0.955. The zero-order valence-corrected chi connectivity index (χ0v) is 21.1. The van der Waals surface area contributed by atoms with E-state index in [1.807, 2.05) is 4.90 Å². The predicted molar refractivity (Wildman–Crippen MR) is 133 cm³/mol. The number of carbonyl (C=O) groups is 2. The Hall–Kier alpha value is -4.02. The topological polar surface area (TPSA) is 111 Å². The summed E-state index contributed by atoms with van der Waals surface area (Å²) in [5, 5.41) is 14.3. The average molecular weight is 511 g/mol. The van der Waals surface area contributed by atoms with E-state index in [4.69, 9.17) is 9.47 Å². The molecule has 1 fully saturated rings. The number of carbonyl (C=O) groups excluding carboxylic acids is 2. The second kappa shape index (κ2) is 11.4. The molecule has 0 saturated carbocycles. The van der Waals surface area contributed by atoms with E-state index in [1.165, 1.54) is 23.3 Å². The van der Waals surface area contributed by atoms with Crippen LogP contribution in [-0.2, 0) is 11.3 Å². The standard InChI is InChI=1S/C26H31FN6O4/c1-26(2,3)37-25(35)30-22(15-33-29-17-28-31-33)16-36-23-10-6-19(7-11-23)24(34)32-13-12-20(14-32)18-4-8-21(27)9-5-18/h4-11,17,20,22H,12-16H2,1-3H3,(H,30,35)/t20-,22?/m0/s1. The van der Waals surface area contributed by atoms with Gasteiger partial charge in [0, 0.05) is 24.6 Å². The number of benzene rings is 2. The van der Waals surface area contributed by atoms with Gasteiger partial charge in [-0.05, 0) is 74.4 Å². The van der Waals surface area contributed by atoms with Crippen LogP contribution < -0.4 is 10.1 Å². The van der Waals surface area contributed by atoms with Crippen molar-refractivity contribution in [1.29, 1.82) is 0 Å². The molecule has 196 valence electrons. The third kappa shape index (κ3) is 7.48. The van der Waals surface area contributed by atoms with Crippen LogP contribution in [0, 0.1) is 5.82 Å². The SMILES string of the molecule is CC(C)(C)OC(=O)NC(COc1ccc(C(=O)N2CC[C@H](c3ccc(F)cc3)C2)cc1)Cn1ncnn1. The number of aromatic nitrogens is 4. The van der Waals surface area contributed by atoms with Crippen molar-refractivity contribution >= 4 is 12.0 Å². The number of hydrogen-bond donors (Lipinski definition) is 1. The molecule has 2 aromatic carbocycles. The molecule has 1 saturated heterocycles. The molecule has 1 aliphatic heterocycles. The van der Waals surface area contributed by atoms with Gasteiger partial charge in [0.05, 0.1) is 12.6 Å². The Morgan fingerprint density at radius 3 is 2.51 bits per heavy atom.